The molecule has 1 atom stereocenters. The summed E-state index contributed by atoms with van der Waals surface area (Å²) in [5, 5.41) is 4.09. The summed E-state index contributed by atoms with van der Waals surface area (Å²) in [6, 6.07) is 9.06. The van der Waals surface area contributed by atoms with Gasteiger partial charge >= 0.3 is 0 Å². The van der Waals surface area contributed by atoms with E-state index in [1.165, 1.54) is 0 Å². The second-order valence-electron chi connectivity index (χ2n) is 3.76. The Hall–Kier alpha value is -1.16. The van der Waals surface area contributed by atoms with Gasteiger partial charge in [0.25, 0.3) is 0 Å². The third-order valence-electron chi connectivity index (χ3n) is 2.68. The molecule has 1 heterocycles. The zero-order chi connectivity index (χ0) is 13.1. The van der Waals surface area contributed by atoms with Gasteiger partial charge < -0.3 is 14.5 Å². The standard InChI is InChI=1S/C13H13Cl2NO2/c1-16-13(11-5-6-12(15)18-11)8-3-4-10(17-2)9(14)7-8/h3-7,13,16H,1-2H3. The fourth-order valence-electron chi connectivity index (χ4n) is 1.82. The number of rotatable bonds is 4. The number of hydrogen-bond donors (Lipinski definition) is 1. The number of ether oxygens (including phenoxy) is 1. The van der Waals surface area contributed by atoms with Gasteiger partial charge in [-0.2, -0.15) is 0 Å². The van der Waals surface area contributed by atoms with Gasteiger partial charge in [0.05, 0.1) is 18.2 Å². The predicted octanol–water partition coefficient (Wildman–Crippen LogP) is 3.90. The number of furan rings is 1. The summed E-state index contributed by atoms with van der Waals surface area (Å²) >= 11 is 11.9. The van der Waals surface area contributed by atoms with Crippen LogP contribution in [0, 0.1) is 0 Å². The molecule has 1 unspecified atom stereocenters. The molecule has 0 fully saturated rings. The number of nitrogens with one attached hydrogen (secondary N) is 1. The van der Waals surface area contributed by atoms with Crippen molar-refractivity contribution in [2.24, 2.45) is 0 Å². The molecule has 0 aliphatic rings. The van der Waals surface area contributed by atoms with Gasteiger partial charge in [-0.15, -0.1) is 0 Å². The van der Waals surface area contributed by atoms with Crippen LogP contribution >= 0.6 is 23.2 Å². The van der Waals surface area contributed by atoms with E-state index in [2.05, 4.69) is 5.32 Å². The maximum absolute atomic E-state index is 6.11. The first kappa shape index (κ1) is 13.3. The van der Waals surface area contributed by atoms with Crippen molar-refractivity contribution in [3.63, 3.8) is 0 Å². The largest absolute Gasteiger partial charge is 0.495 e. The highest BCUT2D eigenvalue weighted by Gasteiger charge is 2.17. The maximum atomic E-state index is 6.11. The summed E-state index contributed by atoms with van der Waals surface area (Å²) in [5.74, 6) is 1.39. The van der Waals surface area contributed by atoms with Gasteiger partial charge in [0.2, 0.25) is 0 Å². The molecule has 0 aliphatic carbocycles. The SMILES string of the molecule is CNC(c1ccc(OC)c(Cl)c1)c1ccc(Cl)o1. The zero-order valence-electron chi connectivity index (χ0n) is 10.0. The first-order valence-corrected chi connectivity index (χ1v) is 6.17. The lowest BCUT2D eigenvalue weighted by atomic mass is 10.0. The summed E-state index contributed by atoms with van der Waals surface area (Å²) in [7, 11) is 3.43. The lowest BCUT2D eigenvalue weighted by Crippen LogP contribution is -2.16. The summed E-state index contributed by atoms with van der Waals surface area (Å²) in [5.41, 5.74) is 0.981. The third kappa shape index (κ3) is 2.64. The highest BCUT2D eigenvalue weighted by atomic mass is 35.5. The summed E-state index contributed by atoms with van der Waals surface area (Å²) in [6.45, 7) is 0. The van der Waals surface area contributed by atoms with Crippen molar-refractivity contribution in [1.29, 1.82) is 0 Å². The smallest absolute Gasteiger partial charge is 0.193 e. The van der Waals surface area contributed by atoms with Crippen LogP contribution in [-0.2, 0) is 0 Å². The Morgan fingerprint density at radius 1 is 1.22 bits per heavy atom. The van der Waals surface area contributed by atoms with Gasteiger partial charge in [-0.05, 0) is 48.5 Å². The first-order valence-electron chi connectivity index (χ1n) is 5.41. The van der Waals surface area contributed by atoms with Crippen molar-refractivity contribution in [2.45, 2.75) is 6.04 Å². The van der Waals surface area contributed by atoms with E-state index >= 15 is 0 Å². The summed E-state index contributed by atoms with van der Waals surface area (Å²) in [4.78, 5) is 0. The maximum Gasteiger partial charge on any atom is 0.193 e. The van der Waals surface area contributed by atoms with Gasteiger partial charge in [-0.3, -0.25) is 0 Å². The Kier molecular flexibility index (Phi) is 4.17. The molecule has 5 heteroatoms. The molecule has 0 spiro atoms. The van der Waals surface area contributed by atoms with Crippen LogP contribution in [0.15, 0.2) is 34.7 Å². The van der Waals surface area contributed by atoms with E-state index in [9.17, 15) is 0 Å². The quantitative estimate of drug-likeness (QED) is 0.925. The van der Waals surface area contributed by atoms with Crippen molar-refractivity contribution < 1.29 is 9.15 Å². The van der Waals surface area contributed by atoms with E-state index in [-0.39, 0.29) is 6.04 Å². The van der Waals surface area contributed by atoms with E-state index in [1.54, 1.807) is 13.2 Å². The lowest BCUT2D eigenvalue weighted by Gasteiger charge is -2.15. The molecule has 2 rings (SSSR count). The Bertz CT molecular complexity index is 540. The molecule has 18 heavy (non-hydrogen) atoms. The van der Waals surface area contributed by atoms with E-state index in [0.29, 0.717) is 16.0 Å². The number of hydrogen-bond acceptors (Lipinski definition) is 3. The number of halogens is 2. The van der Waals surface area contributed by atoms with E-state index < -0.39 is 0 Å². The second kappa shape index (κ2) is 5.65. The highest BCUT2D eigenvalue weighted by Crippen LogP contribution is 2.31. The molecule has 0 saturated heterocycles. The summed E-state index contributed by atoms with van der Waals surface area (Å²) in [6.07, 6.45) is 0. The monoisotopic (exact) mass is 285 g/mol. The minimum atomic E-state index is -0.0964. The molecule has 0 amide bonds. The molecule has 0 bridgehead atoms. The van der Waals surface area contributed by atoms with Crippen LogP contribution in [0.3, 0.4) is 0 Å². The van der Waals surface area contributed by atoms with Gasteiger partial charge in [-0.1, -0.05) is 17.7 Å². The Balaban J connectivity index is 2.36. The topological polar surface area (TPSA) is 34.4 Å². The van der Waals surface area contributed by atoms with E-state index in [1.807, 2.05) is 31.3 Å². The number of benzene rings is 1. The van der Waals surface area contributed by atoms with E-state index in [0.717, 1.165) is 11.3 Å². The first-order chi connectivity index (χ1) is 8.65. The van der Waals surface area contributed by atoms with Crippen LogP contribution < -0.4 is 10.1 Å². The van der Waals surface area contributed by atoms with Gasteiger partial charge in [0, 0.05) is 0 Å². The molecule has 1 N–H and O–H groups in total. The van der Waals surface area contributed by atoms with Crippen LogP contribution in [0.4, 0.5) is 0 Å². The lowest BCUT2D eigenvalue weighted by molar-refractivity contribution is 0.414. The van der Waals surface area contributed by atoms with E-state index in [4.69, 9.17) is 32.4 Å². The average molecular weight is 286 g/mol. The van der Waals surface area contributed by atoms with Crippen molar-refractivity contribution >= 4 is 23.2 Å². The normalized spacial score (nSPS) is 12.4. The average Bonchev–Trinajstić information content (AvgIpc) is 2.77. The molecular formula is C13H13Cl2NO2. The molecule has 2 aromatic rings. The van der Waals surface area contributed by atoms with Crippen LogP contribution in [0.25, 0.3) is 0 Å². The van der Waals surface area contributed by atoms with Crippen LogP contribution in [0.5, 0.6) is 5.75 Å². The highest BCUT2D eigenvalue weighted by molar-refractivity contribution is 6.32. The molecule has 0 radical (unpaired) electrons. The zero-order valence-corrected chi connectivity index (χ0v) is 11.5. The molecule has 96 valence electrons. The predicted molar refractivity (Wildman–Crippen MR) is 72.6 cm³/mol. The minimum Gasteiger partial charge on any atom is -0.495 e. The molecule has 0 aliphatic heterocycles. The second-order valence-corrected chi connectivity index (χ2v) is 4.54. The van der Waals surface area contributed by atoms with Crippen molar-refractivity contribution in [3.8, 4) is 5.75 Å². The Morgan fingerprint density at radius 3 is 2.50 bits per heavy atom. The molecule has 1 aromatic carbocycles. The fraction of sp³-hybridized carbons (Fsp3) is 0.231. The van der Waals surface area contributed by atoms with Crippen LogP contribution in [-0.4, -0.2) is 14.2 Å². The molecule has 0 saturated carbocycles. The molecule has 1 aromatic heterocycles. The number of methoxy groups -OCH3 is 1. The minimum absolute atomic E-state index is 0.0964. The summed E-state index contributed by atoms with van der Waals surface area (Å²) < 4.78 is 10.5. The van der Waals surface area contributed by atoms with Crippen molar-refractivity contribution in [3.05, 3.63) is 51.9 Å². The van der Waals surface area contributed by atoms with Gasteiger partial charge in [0.1, 0.15) is 11.5 Å². The molecular weight excluding hydrogens is 273 g/mol. The Morgan fingerprint density at radius 2 is 2.00 bits per heavy atom. The van der Waals surface area contributed by atoms with Crippen LogP contribution in [0.1, 0.15) is 17.4 Å². The Labute approximate surface area is 116 Å². The van der Waals surface area contributed by atoms with Crippen molar-refractivity contribution in [2.75, 3.05) is 14.2 Å². The van der Waals surface area contributed by atoms with Crippen molar-refractivity contribution in [1.82, 2.24) is 5.32 Å². The molecule has 3 nitrogen and oxygen atoms in total. The fourth-order valence-corrected chi connectivity index (χ4v) is 2.24. The van der Waals surface area contributed by atoms with Crippen LogP contribution in [0.2, 0.25) is 10.2 Å². The van der Waals surface area contributed by atoms with Gasteiger partial charge in [-0.25, -0.2) is 0 Å². The third-order valence-corrected chi connectivity index (χ3v) is 3.17. The van der Waals surface area contributed by atoms with Gasteiger partial charge in [0.15, 0.2) is 5.22 Å².